The number of phenols is 1. The molecule has 0 unspecified atom stereocenters. The Balaban J connectivity index is 1.56. The maximum absolute atomic E-state index is 12.9. The van der Waals surface area contributed by atoms with Gasteiger partial charge >= 0.3 is 0 Å². The minimum atomic E-state index is -0.414. The zero-order chi connectivity index (χ0) is 21.9. The molecule has 0 aliphatic heterocycles. The first-order valence-electron chi connectivity index (χ1n) is 10.6. The predicted molar refractivity (Wildman–Crippen MR) is 123 cm³/mol. The fourth-order valence-electron chi connectivity index (χ4n) is 3.37. The molecule has 2 atom stereocenters. The number of carbonyl (C=O) groups excluding carboxylic acids is 1. The number of aryl methyl sites for hydroxylation is 1. The van der Waals surface area contributed by atoms with Gasteiger partial charge in [0.1, 0.15) is 5.75 Å². The molecule has 3 rings (SSSR count). The first-order chi connectivity index (χ1) is 15.1. The van der Waals surface area contributed by atoms with Crippen LogP contribution in [0.2, 0.25) is 0 Å². The highest BCUT2D eigenvalue weighted by Crippen LogP contribution is 2.12. The van der Waals surface area contributed by atoms with E-state index in [0.29, 0.717) is 19.5 Å². The minimum absolute atomic E-state index is 0.0556. The third kappa shape index (κ3) is 7.89. The van der Waals surface area contributed by atoms with Crippen LogP contribution in [0, 0.1) is 6.07 Å². The van der Waals surface area contributed by atoms with Gasteiger partial charge in [-0.15, -0.1) is 0 Å². The highest BCUT2D eigenvalue weighted by molar-refractivity contribution is 5.82. The lowest BCUT2D eigenvalue weighted by Gasteiger charge is -2.21. The van der Waals surface area contributed by atoms with Crippen LogP contribution in [0.15, 0.2) is 78.9 Å². The van der Waals surface area contributed by atoms with Gasteiger partial charge in [0.05, 0.1) is 6.04 Å². The lowest BCUT2D eigenvalue weighted by molar-refractivity contribution is -0.123. The molecule has 0 aliphatic rings. The molecule has 5 nitrogen and oxygen atoms in total. The fraction of sp³-hybridized carbons (Fsp3) is 0.269. The molecule has 0 fully saturated rings. The Kier molecular flexibility index (Phi) is 8.64. The summed E-state index contributed by atoms with van der Waals surface area (Å²) < 4.78 is 0. The monoisotopic (exact) mass is 416 g/mol. The molecule has 5 N–H and O–H groups in total. The van der Waals surface area contributed by atoms with Gasteiger partial charge in [-0.1, -0.05) is 66.7 Å². The summed E-state index contributed by atoms with van der Waals surface area (Å²) in [6.45, 7) is 1.00. The first-order valence-corrected chi connectivity index (χ1v) is 10.6. The van der Waals surface area contributed by atoms with Gasteiger partial charge in [0.2, 0.25) is 5.91 Å². The average molecular weight is 417 g/mol. The van der Waals surface area contributed by atoms with Crippen molar-refractivity contribution in [3.8, 4) is 5.75 Å². The molecule has 1 radical (unpaired) electrons. The highest BCUT2D eigenvalue weighted by atomic mass is 16.3. The summed E-state index contributed by atoms with van der Waals surface area (Å²) in [5.41, 5.74) is 9.57. The topological polar surface area (TPSA) is 87.4 Å². The SMILES string of the molecule is N[C@H](CCc1ccccc1)CN[C@@H](Cc1ccc(O)cc1)C(=O)NCc1cc[c]cc1. The van der Waals surface area contributed by atoms with Crippen molar-refractivity contribution in [2.75, 3.05) is 6.54 Å². The van der Waals surface area contributed by atoms with E-state index < -0.39 is 6.04 Å². The van der Waals surface area contributed by atoms with E-state index in [1.165, 1.54) is 5.56 Å². The Bertz CT molecular complexity index is 914. The second-order valence-electron chi connectivity index (χ2n) is 7.74. The number of nitrogens with two attached hydrogens (primary N) is 1. The summed E-state index contributed by atoms with van der Waals surface area (Å²) in [7, 11) is 0. The van der Waals surface area contributed by atoms with Crippen LogP contribution in [-0.2, 0) is 24.2 Å². The van der Waals surface area contributed by atoms with Gasteiger partial charge in [0, 0.05) is 19.1 Å². The molecule has 0 bridgehead atoms. The number of amides is 1. The van der Waals surface area contributed by atoms with Gasteiger partial charge < -0.3 is 21.5 Å². The number of phenolic OH excluding ortho intramolecular Hbond substituents is 1. The van der Waals surface area contributed by atoms with Gasteiger partial charge in [-0.3, -0.25) is 4.79 Å². The van der Waals surface area contributed by atoms with Gasteiger partial charge in [0.25, 0.3) is 0 Å². The predicted octanol–water partition coefficient (Wildman–Crippen LogP) is 2.97. The molecule has 0 aliphatic carbocycles. The third-order valence-electron chi connectivity index (χ3n) is 5.22. The van der Waals surface area contributed by atoms with E-state index >= 15 is 0 Å². The molecule has 0 saturated carbocycles. The Morgan fingerprint density at radius 3 is 2.35 bits per heavy atom. The summed E-state index contributed by atoms with van der Waals surface area (Å²) in [5, 5.41) is 15.9. The summed E-state index contributed by atoms with van der Waals surface area (Å²) in [6.07, 6.45) is 2.26. The molecule has 0 saturated heterocycles. The van der Waals surface area contributed by atoms with Crippen LogP contribution in [0.5, 0.6) is 5.75 Å². The van der Waals surface area contributed by atoms with Crippen LogP contribution in [0.4, 0.5) is 0 Å². The number of aromatic hydroxyl groups is 1. The van der Waals surface area contributed by atoms with Crippen molar-refractivity contribution in [2.45, 2.75) is 37.9 Å². The molecular weight excluding hydrogens is 386 g/mol. The minimum Gasteiger partial charge on any atom is -0.508 e. The summed E-state index contributed by atoms with van der Waals surface area (Å²) >= 11 is 0. The molecular formula is C26H30N3O2. The number of benzene rings is 3. The quantitative estimate of drug-likeness (QED) is 0.387. The van der Waals surface area contributed by atoms with Crippen LogP contribution in [-0.4, -0.2) is 29.6 Å². The Hall–Kier alpha value is -3.15. The lowest BCUT2D eigenvalue weighted by atomic mass is 10.0. The Labute approximate surface area is 184 Å². The second-order valence-corrected chi connectivity index (χ2v) is 7.74. The normalized spacial score (nSPS) is 12.8. The molecule has 3 aromatic carbocycles. The van der Waals surface area contributed by atoms with Crippen molar-refractivity contribution in [3.05, 3.63) is 102 Å². The summed E-state index contributed by atoms with van der Waals surface area (Å²) in [5.74, 6) is 0.137. The first kappa shape index (κ1) is 22.5. The van der Waals surface area contributed by atoms with Crippen molar-refractivity contribution < 1.29 is 9.90 Å². The largest absolute Gasteiger partial charge is 0.508 e. The molecule has 0 heterocycles. The van der Waals surface area contributed by atoms with Crippen molar-refractivity contribution >= 4 is 5.91 Å². The van der Waals surface area contributed by atoms with Gasteiger partial charge in [-0.2, -0.15) is 0 Å². The van der Waals surface area contributed by atoms with E-state index in [1.807, 2.05) is 54.6 Å². The zero-order valence-electron chi connectivity index (χ0n) is 17.6. The van der Waals surface area contributed by atoms with Crippen LogP contribution in [0.1, 0.15) is 23.1 Å². The zero-order valence-corrected chi connectivity index (χ0v) is 17.6. The maximum Gasteiger partial charge on any atom is 0.237 e. The molecule has 0 spiro atoms. The van der Waals surface area contributed by atoms with E-state index in [-0.39, 0.29) is 17.7 Å². The summed E-state index contributed by atoms with van der Waals surface area (Å²) in [6, 6.07) is 27.2. The van der Waals surface area contributed by atoms with E-state index in [4.69, 9.17) is 5.73 Å². The molecule has 5 heteroatoms. The van der Waals surface area contributed by atoms with Gasteiger partial charge in [-0.05, 0) is 54.2 Å². The molecule has 31 heavy (non-hydrogen) atoms. The van der Waals surface area contributed by atoms with Crippen LogP contribution < -0.4 is 16.4 Å². The van der Waals surface area contributed by atoms with Crippen LogP contribution in [0.3, 0.4) is 0 Å². The molecule has 0 aromatic heterocycles. The van der Waals surface area contributed by atoms with E-state index in [9.17, 15) is 9.90 Å². The smallest absolute Gasteiger partial charge is 0.237 e. The molecule has 3 aromatic rings. The second kappa shape index (κ2) is 11.9. The summed E-state index contributed by atoms with van der Waals surface area (Å²) in [4.78, 5) is 12.9. The van der Waals surface area contributed by atoms with Crippen molar-refractivity contribution in [1.82, 2.24) is 10.6 Å². The van der Waals surface area contributed by atoms with E-state index in [0.717, 1.165) is 24.0 Å². The van der Waals surface area contributed by atoms with E-state index in [2.05, 4.69) is 28.8 Å². The van der Waals surface area contributed by atoms with Crippen molar-refractivity contribution in [3.63, 3.8) is 0 Å². The fourth-order valence-corrected chi connectivity index (χ4v) is 3.37. The number of hydrogen-bond acceptors (Lipinski definition) is 4. The Morgan fingerprint density at radius 1 is 0.935 bits per heavy atom. The van der Waals surface area contributed by atoms with Gasteiger partial charge in [0.15, 0.2) is 0 Å². The third-order valence-corrected chi connectivity index (χ3v) is 5.22. The van der Waals surface area contributed by atoms with E-state index in [1.54, 1.807) is 12.1 Å². The van der Waals surface area contributed by atoms with Crippen molar-refractivity contribution in [2.24, 2.45) is 5.73 Å². The number of nitrogens with one attached hydrogen (secondary N) is 2. The highest BCUT2D eigenvalue weighted by Gasteiger charge is 2.19. The number of hydrogen-bond donors (Lipinski definition) is 4. The van der Waals surface area contributed by atoms with Crippen molar-refractivity contribution in [1.29, 1.82) is 0 Å². The van der Waals surface area contributed by atoms with Crippen LogP contribution >= 0.6 is 0 Å². The Morgan fingerprint density at radius 2 is 1.65 bits per heavy atom. The maximum atomic E-state index is 12.9. The van der Waals surface area contributed by atoms with Crippen LogP contribution in [0.25, 0.3) is 0 Å². The molecule has 1 amide bonds. The number of rotatable bonds is 11. The molecule has 161 valence electrons. The standard InChI is InChI=1S/C26H30N3O2/c27-23(14-11-20-7-3-1-4-8-20)19-28-25(17-21-12-15-24(30)16-13-21)26(31)29-18-22-9-5-2-6-10-22/h1,3-10,12-13,15-16,23,25,28,30H,11,14,17-19,27H2,(H,29,31)/t23-,25+/m1/s1. The average Bonchev–Trinajstić information content (AvgIpc) is 2.81. The lowest BCUT2D eigenvalue weighted by Crippen LogP contribution is -2.49. The number of carbonyl (C=O) groups is 1. The van der Waals surface area contributed by atoms with Gasteiger partial charge in [-0.25, -0.2) is 0 Å².